The summed E-state index contributed by atoms with van der Waals surface area (Å²) in [5.41, 5.74) is 0. The molecular weight excluding hydrogens is 380 g/mol. The van der Waals surface area contributed by atoms with Crippen molar-refractivity contribution in [1.29, 1.82) is 0 Å². The lowest BCUT2D eigenvalue weighted by atomic mass is 10.0. The number of hydrogen-bond acceptors (Lipinski definition) is 5. The molecule has 0 aromatic rings. The van der Waals surface area contributed by atoms with Gasteiger partial charge in [0.05, 0.1) is 13.2 Å². The fourth-order valence-corrected chi connectivity index (χ4v) is 3.91. The molecule has 5 heteroatoms. The first-order valence-electron chi connectivity index (χ1n) is 12.5. The number of allylic oxidation sites excluding steroid dienone is 2. The van der Waals surface area contributed by atoms with Gasteiger partial charge in [0, 0.05) is 6.61 Å². The van der Waals surface area contributed by atoms with Gasteiger partial charge in [0.15, 0.2) is 0 Å². The second kappa shape index (κ2) is 19.2. The van der Waals surface area contributed by atoms with E-state index in [4.69, 9.17) is 9.47 Å². The summed E-state index contributed by atoms with van der Waals surface area (Å²) in [5, 5.41) is 29.0. The van der Waals surface area contributed by atoms with E-state index in [1.807, 2.05) is 0 Å². The highest BCUT2D eigenvalue weighted by Crippen LogP contribution is 2.18. The molecule has 0 amide bonds. The van der Waals surface area contributed by atoms with Crippen molar-refractivity contribution in [3.8, 4) is 0 Å². The molecule has 1 aliphatic heterocycles. The van der Waals surface area contributed by atoms with Crippen molar-refractivity contribution in [2.24, 2.45) is 0 Å². The Morgan fingerprint density at radius 3 is 1.90 bits per heavy atom. The summed E-state index contributed by atoms with van der Waals surface area (Å²) in [6.45, 7) is 3.03. The van der Waals surface area contributed by atoms with Crippen molar-refractivity contribution in [2.75, 3.05) is 19.8 Å². The summed E-state index contributed by atoms with van der Waals surface area (Å²) in [7, 11) is 0. The summed E-state index contributed by atoms with van der Waals surface area (Å²) in [4.78, 5) is 0. The molecule has 0 aliphatic carbocycles. The largest absolute Gasteiger partial charge is 0.388 e. The smallest absolute Gasteiger partial charge is 0.114 e. The van der Waals surface area contributed by atoms with Gasteiger partial charge in [0.25, 0.3) is 0 Å². The standard InChI is InChI=1S/C25H48O5/c1-2-3-4-5-6-7-8-9-10-11-12-13-14-15-16-17-18-19-29-20-23(27)25-24(28)22(26)21-30-25/h15-16,22-28H,2-14,17-21H2,1H3/b16-15+/t22-,23+,24+,25+/m0/s1. The Morgan fingerprint density at radius 1 is 0.833 bits per heavy atom. The summed E-state index contributed by atoms with van der Waals surface area (Å²) < 4.78 is 10.6. The third-order valence-electron chi connectivity index (χ3n) is 5.91. The van der Waals surface area contributed by atoms with Crippen molar-refractivity contribution in [3.05, 3.63) is 12.2 Å². The van der Waals surface area contributed by atoms with Crippen LogP contribution in [0.5, 0.6) is 0 Å². The lowest BCUT2D eigenvalue weighted by molar-refractivity contribution is -0.0811. The van der Waals surface area contributed by atoms with E-state index in [9.17, 15) is 15.3 Å². The van der Waals surface area contributed by atoms with Gasteiger partial charge < -0.3 is 24.8 Å². The number of hydrogen-bond donors (Lipinski definition) is 3. The summed E-state index contributed by atoms with van der Waals surface area (Å²) >= 11 is 0. The molecule has 0 radical (unpaired) electrons. The van der Waals surface area contributed by atoms with Crippen LogP contribution < -0.4 is 0 Å². The number of aliphatic hydroxyl groups excluding tert-OH is 3. The van der Waals surface area contributed by atoms with Gasteiger partial charge in [0.2, 0.25) is 0 Å². The van der Waals surface area contributed by atoms with E-state index in [0.717, 1.165) is 19.3 Å². The molecule has 1 heterocycles. The van der Waals surface area contributed by atoms with Gasteiger partial charge in [-0.1, -0.05) is 89.7 Å². The van der Waals surface area contributed by atoms with E-state index in [2.05, 4.69) is 19.1 Å². The average Bonchev–Trinajstić information content (AvgIpc) is 3.08. The lowest BCUT2D eigenvalue weighted by Gasteiger charge is -2.20. The highest BCUT2D eigenvalue weighted by molar-refractivity contribution is 4.87. The normalized spacial score (nSPS) is 22.9. The maximum Gasteiger partial charge on any atom is 0.114 e. The first-order chi connectivity index (χ1) is 14.7. The molecule has 0 bridgehead atoms. The predicted molar refractivity (Wildman–Crippen MR) is 123 cm³/mol. The van der Waals surface area contributed by atoms with Gasteiger partial charge in [-0.05, 0) is 25.7 Å². The van der Waals surface area contributed by atoms with E-state index in [1.165, 1.54) is 77.0 Å². The molecule has 1 aliphatic rings. The molecule has 1 rings (SSSR count). The quantitative estimate of drug-likeness (QED) is 0.190. The van der Waals surface area contributed by atoms with Crippen LogP contribution in [-0.4, -0.2) is 59.6 Å². The molecule has 5 nitrogen and oxygen atoms in total. The fraction of sp³-hybridized carbons (Fsp3) is 0.920. The van der Waals surface area contributed by atoms with Crippen LogP contribution in [0.25, 0.3) is 0 Å². The van der Waals surface area contributed by atoms with Crippen LogP contribution in [0, 0.1) is 0 Å². The SMILES string of the molecule is CCCCCCCCCCCCCC/C=C/CCCOC[C@@H](O)[C@H]1OC[C@H](O)[C@H]1O. The highest BCUT2D eigenvalue weighted by atomic mass is 16.5. The van der Waals surface area contributed by atoms with Gasteiger partial charge in [0.1, 0.15) is 24.4 Å². The lowest BCUT2D eigenvalue weighted by Crippen LogP contribution is -2.40. The van der Waals surface area contributed by atoms with Crippen LogP contribution in [0.4, 0.5) is 0 Å². The summed E-state index contributed by atoms with van der Waals surface area (Å²) in [6, 6.07) is 0. The Hall–Kier alpha value is -0.460. The van der Waals surface area contributed by atoms with Crippen LogP contribution in [0.15, 0.2) is 12.2 Å². The molecule has 0 saturated carbocycles. The first-order valence-corrected chi connectivity index (χ1v) is 12.5. The first kappa shape index (κ1) is 27.6. The minimum Gasteiger partial charge on any atom is -0.388 e. The van der Waals surface area contributed by atoms with Crippen molar-refractivity contribution >= 4 is 0 Å². The fourth-order valence-electron chi connectivity index (χ4n) is 3.91. The van der Waals surface area contributed by atoms with E-state index < -0.39 is 24.4 Å². The van der Waals surface area contributed by atoms with Crippen molar-refractivity contribution < 1.29 is 24.8 Å². The van der Waals surface area contributed by atoms with Crippen LogP contribution in [0.2, 0.25) is 0 Å². The zero-order valence-corrected chi connectivity index (χ0v) is 19.4. The van der Waals surface area contributed by atoms with E-state index >= 15 is 0 Å². The Labute approximate surface area is 184 Å². The van der Waals surface area contributed by atoms with Crippen molar-refractivity contribution in [2.45, 2.75) is 128 Å². The summed E-state index contributed by atoms with van der Waals surface area (Å²) in [5.74, 6) is 0. The second-order valence-electron chi connectivity index (χ2n) is 8.79. The summed E-state index contributed by atoms with van der Waals surface area (Å²) in [6.07, 6.45) is 20.6. The van der Waals surface area contributed by atoms with E-state index in [-0.39, 0.29) is 13.2 Å². The molecule has 0 spiro atoms. The topological polar surface area (TPSA) is 79.2 Å². The van der Waals surface area contributed by atoms with Gasteiger partial charge in [-0.3, -0.25) is 0 Å². The maximum absolute atomic E-state index is 9.95. The zero-order chi connectivity index (χ0) is 21.9. The number of unbranched alkanes of at least 4 members (excludes halogenated alkanes) is 13. The minimum atomic E-state index is -1.04. The van der Waals surface area contributed by atoms with Gasteiger partial charge in [-0.25, -0.2) is 0 Å². The van der Waals surface area contributed by atoms with Crippen LogP contribution >= 0.6 is 0 Å². The molecule has 0 aromatic carbocycles. The van der Waals surface area contributed by atoms with Gasteiger partial charge >= 0.3 is 0 Å². The number of ether oxygens (including phenoxy) is 2. The molecule has 0 aromatic heterocycles. The Balaban J connectivity index is 1.78. The average molecular weight is 429 g/mol. The molecular formula is C25H48O5. The highest BCUT2D eigenvalue weighted by Gasteiger charge is 2.39. The van der Waals surface area contributed by atoms with Crippen molar-refractivity contribution in [3.63, 3.8) is 0 Å². The second-order valence-corrected chi connectivity index (χ2v) is 8.79. The third kappa shape index (κ3) is 13.8. The molecule has 4 atom stereocenters. The van der Waals surface area contributed by atoms with Crippen LogP contribution in [0.1, 0.15) is 103 Å². The molecule has 1 saturated heterocycles. The van der Waals surface area contributed by atoms with Crippen molar-refractivity contribution in [1.82, 2.24) is 0 Å². The van der Waals surface area contributed by atoms with Crippen LogP contribution in [0.3, 0.4) is 0 Å². The monoisotopic (exact) mass is 428 g/mol. The van der Waals surface area contributed by atoms with E-state index in [1.54, 1.807) is 0 Å². The third-order valence-corrected chi connectivity index (χ3v) is 5.91. The Morgan fingerprint density at radius 2 is 1.37 bits per heavy atom. The maximum atomic E-state index is 9.95. The Kier molecular flexibility index (Phi) is 17.7. The molecule has 30 heavy (non-hydrogen) atoms. The predicted octanol–water partition coefficient (Wildman–Crippen LogP) is 4.91. The zero-order valence-electron chi connectivity index (χ0n) is 19.4. The van der Waals surface area contributed by atoms with Gasteiger partial charge in [-0.15, -0.1) is 0 Å². The molecule has 178 valence electrons. The molecule has 1 fully saturated rings. The van der Waals surface area contributed by atoms with E-state index in [0.29, 0.717) is 6.61 Å². The Bertz CT molecular complexity index is 401. The number of aliphatic hydroxyl groups is 3. The number of rotatable bonds is 20. The minimum absolute atomic E-state index is 0.0624. The van der Waals surface area contributed by atoms with Crippen LogP contribution in [-0.2, 0) is 9.47 Å². The van der Waals surface area contributed by atoms with Gasteiger partial charge in [-0.2, -0.15) is 0 Å². The molecule has 0 unspecified atom stereocenters. The molecule has 3 N–H and O–H groups in total.